The minimum atomic E-state index is -1.02. The third-order valence-electron chi connectivity index (χ3n) is 5.92. The van der Waals surface area contributed by atoms with E-state index in [1.54, 1.807) is 19.6 Å². The number of hydrogen-bond acceptors (Lipinski definition) is 9. The Hall–Kier alpha value is -2.81. The summed E-state index contributed by atoms with van der Waals surface area (Å²) in [6.07, 6.45) is 2.92. The van der Waals surface area contributed by atoms with E-state index >= 15 is 0 Å². The highest BCUT2D eigenvalue weighted by Crippen LogP contribution is 2.01. The molecule has 0 bridgehead atoms. The maximum atomic E-state index is 12.5. The minimum absolute atomic E-state index is 0.0317. The molecule has 0 aliphatic carbocycles. The molecule has 1 aliphatic rings. The lowest BCUT2D eigenvalue weighted by molar-refractivity contribution is -0.140. The summed E-state index contributed by atoms with van der Waals surface area (Å²) < 4.78 is 0. The third kappa shape index (κ3) is 16.5. The van der Waals surface area contributed by atoms with Crippen molar-refractivity contribution in [1.82, 2.24) is 30.2 Å². The van der Waals surface area contributed by atoms with Gasteiger partial charge in [0.1, 0.15) is 0 Å². The molecule has 14 heteroatoms. The number of carbonyl (C=O) groups is 5. The van der Waals surface area contributed by atoms with Crippen LogP contribution in [0, 0.1) is 0 Å². The van der Waals surface area contributed by atoms with Crippen LogP contribution in [0.4, 0.5) is 0 Å². The van der Waals surface area contributed by atoms with Gasteiger partial charge in [0.15, 0.2) is 0 Å². The van der Waals surface area contributed by atoms with Gasteiger partial charge in [-0.25, -0.2) is 0 Å². The van der Waals surface area contributed by atoms with E-state index in [4.69, 9.17) is 0 Å². The maximum Gasteiger partial charge on any atom is 0.317 e. The molecule has 14 nitrogen and oxygen atoms in total. The van der Waals surface area contributed by atoms with E-state index in [1.807, 2.05) is 0 Å². The van der Waals surface area contributed by atoms with Crippen LogP contribution in [0.15, 0.2) is 0 Å². The molecule has 0 radical (unpaired) electrons. The number of amides is 2. The van der Waals surface area contributed by atoms with Gasteiger partial charge in [-0.05, 0) is 6.42 Å². The van der Waals surface area contributed by atoms with Crippen molar-refractivity contribution in [2.24, 2.45) is 0 Å². The van der Waals surface area contributed by atoms with Crippen LogP contribution in [0.25, 0.3) is 0 Å². The van der Waals surface area contributed by atoms with E-state index in [0.717, 1.165) is 19.3 Å². The van der Waals surface area contributed by atoms with Crippen LogP contribution in [0.3, 0.4) is 0 Å². The molecule has 1 rings (SSSR count). The highest BCUT2D eigenvalue weighted by atomic mass is 16.4. The van der Waals surface area contributed by atoms with E-state index in [9.17, 15) is 39.3 Å². The van der Waals surface area contributed by atoms with Crippen LogP contribution in [-0.2, 0) is 24.0 Å². The normalized spacial score (nSPS) is 17.3. The third-order valence-corrected chi connectivity index (χ3v) is 5.92. The Bertz CT molecular complexity index is 721. The van der Waals surface area contributed by atoms with Crippen molar-refractivity contribution in [2.75, 3.05) is 91.6 Å². The van der Waals surface area contributed by atoms with Crippen molar-refractivity contribution in [3.63, 3.8) is 0 Å². The first-order valence-corrected chi connectivity index (χ1v) is 12.7. The van der Waals surface area contributed by atoms with Crippen molar-refractivity contribution in [3.8, 4) is 0 Å². The molecule has 0 aromatic rings. The van der Waals surface area contributed by atoms with Crippen molar-refractivity contribution in [2.45, 2.75) is 26.2 Å². The number of unbranched alkanes of at least 4 members (excludes halogenated alkanes) is 2. The molecular weight excluding hydrogens is 488 g/mol. The second kappa shape index (κ2) is 18.4. The molecule has 1 aliphatic heterocycles. The van der Waals surface area contributed by atoms with Gasteiger partial charge < -0.3 is 26.0 Å². The van der Waals surface area contributed by atoms with E-state index in [-0.39, 0.29) is 44.5 Å². The van der Waals surface area contributed by atoms with E-state index in [2.05, 4.69) is 17.6 Å². The Balaban J connectivity index is 2.80. The molecule has 0 unspecified atom stereocenters. The Kier molecular flexibility index (Phi) is 16.1. The molecule has 5 N–H and O–H groups in total. The fourth-order valence-corrected chi connectivity index (χ4v) is 3.89. The zero-order chi connectivity index (χ0) is 27.6. The number of carboxylic acids is 3. The van der Waals surface area contributed by atoms with Gasteiger partial charge in [-0.15, -0.1) is 0 Å². The first-order chi connectivity index (χ1) is 17.6. The average molecular weight is 531 g/mol. The first-order valence-electron chi connectivity index (χ1n) is 12.7. The summed E-state index contributed by atoms with van der Waals surface area (Å²) in [7, 11) is 0. The zero-order valence-electron chi connectivity index (χ0n) is 21.7. The average Bonchev–Trinajstić information content (AvgIpc) is 2.81. The summed E-state index contributed by atoms with van der Waals surface area (Å²) in [4.78, 5) is 65.2. The minimum Gasteiger partial charge on any atom is -0.480 e. The Labute approximate surface area is 217 Å². The van der Waals surface area contributed by atoms with E-state index in [1.165, 1.54) is 0 Å². The topological polar surface area (TPSA) is 183 Å². The van der Waals surface area contributed by atoms with Gasteiger partial charge in [0.05, 0.1) is 32.7 Å². The summed E-state index contributed by atoms with van der Waals surface area (Å²) in [5, 5.41) is 33.1. The Morgan fingerprint density at radius 3 is 1.30 bits per heavy atom. The SMILES string of the molecule is CCCCCNC(=O)CNC(=O)CN1CCN(CC(=O)O)CCN(CC(=O)O)CCN(CC(=O)O)CC1. The number of nitrogens with zero attached hydrogens (tertiary/aromatic N) is 4. The fourth-order valence-electron chi connectivity index (χ4n) is 3.89. The van der Waals surface area contributed by atoms with Crippen molar-refractivity contribution in [1.29, 1.82) is 0 Å². The molecule has 2 amide bonds. The van der Waals surface area contributed by atoms with Crippen LogP contribution in [0.1, 0.15) is 26.2 Å². The summed E-state index contributed by atoms with van der Waals surface area (Å²) in [5.74, 6) is -3.69. The van der Waals surface area contributed by atoms with Gasteiger partial charge in [-0.2, -0.15) is 0 Å². The maximum absolute atomic E-state index is 12.5. The molecule has 212 valence electrons. The van der Waals surface area contributed by atoms with Crippen LogP contribution >= 0.6 is 0 Å². The Morgan fingerprint density at radius 1 is 0.568 bits per heavy atom. The van der Waals surface area contributed by atoms with Gasteiger partial charge in [-0.1, -0.05) is 19.8 Å². The lowest BCUT2D eigenvalue weighted by Gasteiger charge is -2.32. The number of aliphatic carboxylic acids is 3. The van der Waals surface area contributed by atoms with Gasteiger partial charge in [0.25, 0.3) is 0 Å². The van der Waals surface area contributed by atoms with Gasteiger partial charge in [0, 0.05) is 58.9 Å². The predicted octanol–water partition coefficient (Wildman–Crippen LogP) is -2.12. The molecule has 37 heavy (non-hydrogen) atoms. The van der Waals surface area contributed by atoms with Crippen LogP contribution in [0.5, 0.6) is 0 Å². The quantitative estimate of drug-likeness (QED) is 0.154. The summed E-state index contributed by atoms with van der Waals surface area (Å²) in [5.41, 5.74) is 0. The lowest BCUT2D eigenvalue weighted by Crippen LogP contribution is -2.50. The fraction of sp³-hybridized carbons (Fsp3) is 0.783. The lowest BCUT2D eigenvalue weighted by atomic mass is 10.2. The highest BCUT2D eigenvalue weighted by Gasteiger charge is 2.21. The van der Waals surface area contributed by atoms with Crippen LogP contribution in [-0.4, -0.2) is 156 Å². The van der Waals surface area contributed by atoms with E-state index in [0.29, 0.717) is 58.9 Å². The van der Waals surface area contributed by atoms with E-state index < -0.39 is 17.9 Å². The number of rotatable bonds is 14. The number of hydrogen-bond donors (Lipinski definition) is 5. The molecule has 0 aromatic carbocycles. The summed E-state index contributed by atoms with van der Waals surface area (Å²) in [6.45, 7) is 4.25. The first kappa shape index (κ1) is 32.2. The molecule has 0 saturated carbocycles. The molecule has 1 heterocycles. The molecular formula is C23H42N6O8. The molecule has 0 aromatic heterocycles. The van der Waals surface area contributed by atoms with Crippen LogP contribution in [0.2, 0.25) is 0 Å². The molecule has 0 spiro atoms. The monoisotopic (exact) mass is 530 g/mol. The summed E-state index contributed by atoms with van der Waals surface area (Å²) in [6, 6.07) is 0. The summed E-state index contributed by atoms with van der Waals surface area (Å²) >= 11 is 0. The number of nitrogens with one attached hydrogen (secondary N) is 2. The zero-order valence-corrected chi connectivity index (χ0v) is 21.7. The predicted molar refractivity (Wildman–Crippen MR) is 134 cm³/mol. The largest absolute Gasteiger partial charge is 0.480 e. The Morgan fingerprint density at radius 2 is 0.946 bits per heavy atom. The van der Waals surface area contributed by atoms with Gasteiger partial charge >= 0.3 is 17.9 Å². The standard InChI is InChI=1S/C23H42N6O8/c1-2-3-4-5-24-19(30)14-25-20(31)15-26-6-8-27(16-21(32)33)10-12-29(18-23(36)37)13-11-28(9-7-26)17-22(34)35/h2-18H2,1H3,(H,24,30)(H,25,31)(H,32,33)(H,34,35)(H,36,37). The molecule has 1 fully saturated rings. The van der Waals surface area contributed by atoms with Gasteiger partial charge in [0.2, 0.25) is 11.8 Å². The second-order valence-electron chi connectivity index (χ2n) is 9.12. The smallest absolute Gasteiger partial charge is 0.317 e. The van der Waals surface area contributed by atoms with Crippen LogP contribution < -0.4 is 10.6 Å². The number of carbonyl (C=O) groups excluding carboxylic acids is 2. The van der Waals surface area contributed by atoms with Crippen molar-refractivity contribution in [3.05, 3.63) is 0 Å². The van der Waals surface area contributed by atoms with Crippen molar-refractivity contribution >= 4 is 29.7 Å². The number of carboxylic acid groups (broad SMARTS) is 3. The van der Waals surface area contributed by atoms with Gasteiger partial charge in [-0.3, -0.25) is 43.6 Å². The molecule has 1 saturated heterocycles. The molecule has 0 atom stereocenters. The highest BCUT2D eigenvalue weighted by molar-refractivity contribution is 5.85. The second-order valence-corrected chi connectivity index (χ2v) is 9.12. The van der Waals surface area contributed by atoms with Crippen molar-refractivity contribution < 1.29 is 39.3 Å².